The van der Waals surface area contributed by atoms with E-state index in [0.717, 1.165) is 23.2 Å². The van der Waals surface area contributed by atoms with E-state index in [1.54, 1.807) is 6.26 Å². The Balaban J connectivity index is 2.26. The molecule has 21 heavy (non-hydrogen) atoms. The zero-order valence-corrected chi connectivity index (χ0v) is 14.6. The Kier molecular flexibility index (Phi) is 6.07. The van der Waals surface area contributed by atoms with E-state index in [-0.39, 0.29) is 6.04 Å². The van der Waals surface area contributed by atoms with Crippen LogP contribution in [0.25, 0.3) is 0 Å². The van der Waals surface area contributed by atoms with Crippen molar-refractivity contribution in [3.05, 3.63) is 58.0 Å². The molecule has 1 aromatic carbocycles. The lowest BCUT2D eigenvalue weighted by Crippen LogP contribution is -2.23. The summed E-state index contributed by atoms with van der Waals surface area (Å²) in [6.07, 6.45) is 4.01. The van der Waals surface area contributed by atoms with Crippen LogP contribution in [-0.4, -0.2) is 6.54 Å². The molecule has 2 unspecified atom stereocenters. The predicted octanol–water partition coefficient (Wildman–Crippen LogP) is 5.64. The molecule has 3 heteroatoms. The minimum absolute atomic E-state index is 0.170. The van der Waals surface area contributed by atoms with Crippen LogP contribution in [0, 0.1) is 0 Å². The third kappa shape index (κ3) is 3.98. The van der Waals surface area contributed by atoms with Crippen molar-refractivity contribution in [1.29, 1.82) is 0 Å². The molecule has 2 aromatic rings. The predicted molar refractivity (Wildman–Crippen MR) is 91.7 cm³/mol. The Morgan fingerprint density at radius 2 is 1.76 bits per heavy atom. The summed E-state index contributed by atoms with van der Waals surface area (Å²) in [6, 6.07) is 11.2. The van der Waals surface area contributed by atoms with E-state index in [9.17, 15) is 0 Å². The first kappa shape index (κ1) is 16.3. The summed E-state index contributed by atoms with van der Waals surface area (Å²) in [7, 11) is 0. The van der Waals surface area contributed by atoms with Crippen molar-refractivity contribution in [1.82, 2.24) is 5.32 Å². The maximum Gasteiger partial charge on any atom is 0.174 e. The Hall–Kier alpha value is -1.06. The summed E-state index contributed by atoms with van der Waals surface area (Å²) in [5, 5.41) is 3.60. The van der Waals surface area contributed by atoms with E-state index in [1.165, 1.54) is 17.5 Å². The second kappa shape index (κ2) is 7.81. The molecule has 0 amide bonds. The van der Waals surface area contributed by atoms with Gasteiger partial charge in [0.2, 0.25) is 0 Å². The molecule has 0 spiro atoms. The first-order chi connectivity index (χ1) is 10.2. The smallest absolute Gasteiger partial charge is 0.174 e. The average molecular weight is 350 g/mol. The van der Waals surface area contributed by atoms with Crippen LogP contribution >= 0.6 is 15.9 Å². The van der Waals surface area contributed by atoms with Gasteiger partial charge in [0.1, 0.15) is 0 Å². The zero-order chi connectivity index (χ0) is 15.2. The van der Waals surface area contributed by atoms with Crippen molar-refractivity contribution in [2.75, 3.05) is 6.54 Å². The molecule has 0 saturated heterocycles. The number of nitrogens with one attached hydrogen (secondary N) is 1. The molecule has 1 heterocycles. The molecule has 1 N–H and O–H groups in total. The van der Waals surface area contributed by atoms with E-state index in [1.807, 2.05) is 6.07 Å². The highest BCUT2D eigenvalue weighted by Crippen LogP contribution is 2.30. The molecule has 0 fully saturated rings. The Bertz CT molecular complexity index is 547. The normalized spacial score (nSPS) is 14.1. The number of hydrogen-bond donors (Lipinski definition) is 1. The van der Waals surface area contributed by atoms with Crippen LogP contribution in [0.4, 0.5) is 0 Å². The summed E-state index contributed by atoms with van der Waals surface area (Å²) in [5.74, 6) is 0.613. The topological polar surface area (TPSA) is 25.2 Å². The van der Waals surface area contributed by atoms with Crippen molar-refractivity contribution in [3.63, 3.8) is 0 Å². The van der Waals surface area contributed by atoms with E-state index in [4.69, 9.17) is 4.42 Å². The summed E-state index contributed by atoms with van der Waals surface area (Å²) < 4.78 is 6.21. The van der Waals surface area contributed by atoms with E-state index in [2.05, 4.69) is 66.3 Å². The molecule has 2 atom stereocenters. The van der Waals surface area contributed by atoms with Gasteiger partial charge in [-0.15, -0.1) is 0 Å². The molecule has 0 saturated carbocycles. The molecule has 2 rings (SSSR count). The molecular formula is C18H24BrNO. The van der Waals surface area contributed by atoms with Gasteiger partial charge in [-0.05, 0) is 58.4 Å². The summed E-state index contributed by atoms with van der Waals surface area (Å²) in [5.41, 5.74) is 3.83. The number of benzene rings is 1. The highest BCUT2D eigenvalue weighted by molar-refractivity contribution is 9.10. The molecule has 0 aliphatic rings. The highest BCUT2D eigenvalue weighted by atomic mass is 79.9. The van der Waals surface area contributed by atoms with E-state index >= 15 is 0 Å². The SMILES string of the molecule is CCCNC(c1ccc(C(C)CC)cc1)c1ccoc1Br. The molecular weight excluding hydrogens is 326 g/mol. The molecule has 0 radical (unpaired) electrons. The maximum absolute atomic E-state index is 5.40. The fourth-order valence-electron chi connectivity index (χ4n) is 2.46. The maximum atomic E-state index is 5.40. The Morgan fingerprint density at radius 3 is 2.29 bits per heavy atom. The van der Waals surface area contributed by atoms with Crippen molar-refractivity contribution in [2.45, 2.75) is 45.6 Å². The molecule has 0 aliphatic heterocycles. The van der Waals surface area contributed by atoms with Gasteiger partial charge in [0, 0.05) is 5.56 Å². The highest BCUT2D eigenvalue weighted by Gasteiger charge is 2.18. The number of rotatable bonds is 7. The molecule has 0 bridgehead atoms. The lowest BCUT2D eigenvalue weighted by molar-refractivity contribution is 0.523. The minimum atomic E-state index is 0.170. The van der Waals surface area contributed by atoms with Crippen LogP contribution in [0.5, 0.6) is 0 Å². The second-order valence-electron chi connectivity index (χ2n) is 5.51. The second-order valence-corrected chi connectivity index (χ2v) is 6.23. The number of halogens is 1. The van der Waals surface area contributed by atoms with Crippen molar-refractivity contribution in [2.24, 2.45) is 0 Å². The number of hydrogen-bond acceptors (Lipinski definition) is 2. The first-order valence-corrected chi connectivity index (χ1v) is 8.52. The van der Waals surface area contributed by atoms with Crippen molar-refractivity contribution in [3.8, 4) is 0 Å². The fourth-order valence-corrected chi connectivity index (χ4v) is 2.93. The lowest BCUT2D eigenvalue weighted by atomic mass is 9.94. The van der Waals surface area contributed by atoms with E-state index in [0.29, 0.717) is 5.92 Å². The van der Waals surface area contributed by atoms with Gasteiger partial charge in [0.05, 0.1) is 12.3 Å². The quantitative estimate of drug-likeness (QED) is 0.699. The van der Waals surface area contributed by atoms with Gasteiger partial charge in [0.25, 0.3) is 0 Å². The van der Waals surface area contributed by atoms with Crippen LogP contribution in [0.15, 0.2) is 45.7 Å². The van der Waals surface area contributed by atoms with Crippen LogP contribution < -0.4 is 5.32 Å². The molecule has 1 aromatic heterocycles. The summed E-state index contributed by atoms with van der Waals surface area (Å²) in [4.78, 5) is 0. The molecule has 0 aliphatic carbocycles. The monoisotopic (exact) mass is 349 g/mol. The van der Waals surface area contributed by atoms with Gasteiger partial charge in [-0.25, -0.2) is 0 Å². The lowest BCUT2D eigenvalue weighted by Gasteiger charge is -2.19. The Morgan fingerprint density at radius 1 is 1.10 bits per heavy atom. The van der Waals surface area contributed by atoms with Gasteiger partial charge >= 0.3 is 0 Å². The zero-order valence-electron chi connectivity index (χ0n) is 13.0. The standard InChI is InChI=1S/C18H24BrNO/c1-4-11-20-17(16-10-12-21-18(16)19)15-8-6-14(7-9-15)13(3)5-2/h6-10,12-13,17,20H,4-5,11H2,1-3H3. The average Bonchev–Trinajstić information content (AvgIpc) is 2.94. The largest absolute Gasteiger partial charge is 0.457 e. The van der Waals surface area contributed by atoms with E-state index < -0.39 is 0 Å². The van der Waals surface area contributed by atoms with Crippen LogP contribution in [0.2, 0.25) is 0 Å². The van der Waals surface area contributed by atoms with Gasteiger partial charge in [-0.2, -0.15) is 0 Å². The van der Waals surface area contributed by atoms with Crippen LogP contribution in [0.1, 0.15) is 62.3 Å². The first-order valence-electron chi connectivity index (χ1n) is 7.73. The van der Waals surface area contributed by atoms with Crippen LogP contribution in [-0.2, 0) is 0 Å². The van der Waals surface area contributed by atoms with Crippen molar-refractivity contribution < 1.29 is 4.42 Å². The van der Waals surface area contributed by atoms with Crippen LogP contribution in [0.3, 0.4) is 0 Å². The third-order valence-electron chi connectivity index (χ3n) is 4.01. The minimum Gasteiger partial charge on any atom is -0.457 e. The van der Waals surface area contributed by atoms with Gasteiger partial charge in [-0.3, -0.25) is 0 Å². The van der Waals surface area contributed by atoms with Gasteiger partial charge < -0.3 is 9.73 Å². The summed E-state index contributed by atoms with van der Waals surface area (Å²) >= 11 is 3.50. The molecule has 2 nitrogen and oxygen atoms in total. The van der Waals surface area contributed by atoms with Gasteiger partial charge in [-0.1, -0.05) is 45.0 Å². The van der Waals surface area contributed by atoms with Gasteiger partial charge in [0.15, 0.2) is 4.67 Å². The fraction of sp³-hybridized carbons (Fsp3) is 0.444. The third-order valence-corrected chi connectivity index (χ3v) is 4.65. The Labute approximate surface area is 136 Å². The molecule has 114 valence electrons. The summed E-state index contributed by atoms with van der Waals surface area (Å²) in [6.45, 7) is 7.66. The van der Waals surface area contributed by atoms with Crippen molar-refractivity contribution >= 4 is 15.9 Å². The number of furan rings is 1.